The molecule has 1 N–H and O–H groups in total. The fourth-order valence-corrected chi connectivity index (χ4v) is 2.49. The Morgan fingerprint density at radius 3 is 2.43 bits per heavy atom. The van der Waals surface area contributed by atoms with Gasteiger partial charge in [-0.05, 0) is 37.8 Å². The summed E-state index contributed by atoms with van der Waals surface area (Å²) < 4.78 is 38.1. The van der Waals surface area contributed by atoms with Gasteiger partial charge in [-0.2, -0.15) is 13.2 Å². The number of rotatable bonds is 5. The van der Waals surface area contributed by atoms with Gasteiger partial charge in [0.2, 0.25) is 0 Å². The minimum absolute atomic E-state index is 0.0414. The summed E-state index contributed by atoms with van der Waals surface area (Å²) in [7, 11) is 0. The van der Waals surface area contributed by atoms with Gasteiger partial charge in [-0.1, -0.05) is 6.42 Å². The van der Waals surface area contributed by atoms with Crippen molar-refractivity contribution in [3.8, 4) is 0 Å². The van der Waals surface area contributed by atoms with Crippen molar-refractivity contribution >= 4 is 11.9 Å². The molecule has 8 heteroatoms. The molecule has 23 heavy (non-hydrogen) atoms. The number of pyridine rings is 1. The van der Waals surface area contributed by atoms with Gasteiger partial charge in [-0.15, -0.1) is 0 Å². The van der Waals surface area contributed by atoms with E-state index < -0.39 is 24.6 Å². The monoisotopic (exact) mass is 330 g/mol. The van der Waals surface area contributed by atoms with Crippen molar-refractivity contribution in [3.05, 3.63) is 29.1 Å². The fourth-order valence-electron chi connectivity index (χ4n) is 2.49. The molecule has 0 radical (unpaired) electrons. The van der Waals surface area contributed by atoms with Crippen molar-refractivity contribution < 1.29 is 27.9 Å². The van der Waals surface area contributed by atoms with Crippen LogP contribution in [0.4, 0.5) is 13.2 Å². The summed E-state index contributed by atoms with van der Waals surface area (Å²) in [6.45, 7) is 0.115. The number of amides is 1. The molecule has 0 saturated heterocycles. The maximum Gasteiger partial charge on any atom is 0.406 e. The molecule has 126 valence electrons. The number of carbonyl (C=O) groups is 2. The van der Waals surface area contributed by atoms with E-state index in [2.05, 4.69) is 4.98 Å². The van der Waals surface area contributed by atoms with Crippen LogP contribution in [0.15, 0.2) is 12.1 Å². The number of hydrogen-bond donors (Lipinski definition) is 1. The highest BCUT2D eigenvalue weighted by molar-refractivity contribution is 5.94. The Bertz CT molecular complexity index is 612. The maximum atomic E-state index is 12.7. The van der Waals surface area contributed by atoms with E-state index in [-0.39, 0.29) is 29.4 Å². The predicted octanol–water partition coefficient (Wildman–Crippen LogP) is 2.89. The van der Waals surface area contributed by atoms with E-state index in [9.17, 15) is 22.8 Å². The lowest BCUT2D eigenvalue weighted by molar-refractivity contribution is -0.142. The summed E-state index contributed by atoms with van der Waals surface area (Å²) in [6.07, 6.45) is -1.91. The van der Waals surface area contributed by atoms with Gasteiger partial charge >= 0.3 is 12.1 Å². The summed E-state index contributed by atoms with van der Waals surface area (Å²) in [6, 6.07) is 2.34. The van der Waals surface area contributed by atoms with Gasteiger partial charge in [0.25, 0.3) is 5.91 Å². The molecule has 0 bridgehead atoms. The Morgan fingerprint density at radius 1 is 1.35 bits per heavy atom. The first-order chi connectivity index (χ1) is 10.7. The van der Waals surface area contributed by atoms with Crippen molar-refractivity contribution in [1.82, 2.24) is 9.88 Å². The second-order valence-electron chi connectivity index (χ2n) is 5.73. The van der Waals surface area contributed by atoms with Crippen LogP contribution in [0.25, 0.3) is 0 Å². The molecule has 1 aliphatic rings. The fraction of sp³-hybridized carbons (Fsp3) is 0.533. The summed E-state index contributed by atoms with van der Waals surface area (Å²) in [4.78, 5) is 27.9. The molecule has 1 aromatic heterocycles. The second kappa shape index (κ2) is 6.55. The SMILES string of the molecule is Cc1nc(C(=O)N(CC2CCC2)CC(F)(F)F)ccc1C(=O)O. The number of aryl methyl sites for hydroxylation is 1. The van der Waals surface area contributed by atoms with E-state index in [1.807, 2.05) is 0 Å². The Kier molecular flexibility index (Phi) is 4.91. The van der Waals surface area contributed by atoms with Gasteiger partial charge in [0, 0.05) is 6.54 Å². The molecule has 5 nitrogen and oxygen atoms in total. The highest BCUT2D eigenvalue weighted by Gasteiger charge is 2.35. The number of halogens is 3. The van der Waals surface area contributed by atoms with Crippen molar-refractivity contribution in [2.24, 2.45) is 5.92 Å². The summed E-state index contributed by atoms with van der Waals surface area (Å²) in [5, 5.41) is 8.93. The minimum Gasteiger partial charge on any atom is -0.478 e. The Labute approximate surface area is 131 Å². The molecule has 1 aromatic rings. The van der Waals surface area contributed by atoms with Crippen LogP contribution in [0, 0.1) is 12.8 Å². The molecule has 1 fully saturated rings. The normalized spacial score (nSPS) is 15.1. The van der Waals surface area contributed by atoms with Gasteiger partial charge < -0.3 is 10.0 Å². The van der Waals surface area contributed by atoms with Crippen molar-refractivity contribution in [2.45, 2.75) is 32.4 Å². The first-order valence-corrected chi connectivity index (χ1v) is 7.24. The average molecular weight is 330 g/mol. The Balaban J connectivity index is 2.21. The summed E-state index contributed by atoms with van der Waals surface area (Å²) in [5.74, 6) is -1.94. The van der Waals surface area contributed by atoms with E-state index >= 15 is 0 Å². The number of hydrogen-bond acceptors (Lipinski definition) is 3. The molecule has 1 aliphatic carbocycles. The largest absolute Gasteiger partial charge is 0.478 e. The predicted molar refractivity (Wildman–Crippen MR) is 75.2 cm³/mol. The molecule has 0 aromatic carbocycles. The van der Waals surface area contributed by atoms with Gasteiger partial charge in [0.05, 0.1) is 11.3 Å². The third kappa shape index (κ3) is 4.43. The van der Waals surface area contributed by atoms with Crippen LogP contribution in [0.5, 0.6) is 0 Å². The highest BCUT2D eigenvalue weighted by Crippen LogP contribution is 2.29. The van der Waals surface area contributed by atoms with Crippen LogP contribution < -0.4 is 0 Å². The average Bonchev–Trinajstić information content (AvgIpc) is 2.38. The first-order valence-electron chi connectivity index (χ1n) is 7.24. The molecular formula is C15H17F3N2O3. The van der Waals surface area contributed by atoms with E-state index in [0.717, 1.165) is 30.2 Å². The topological polar surface area (TPSA) is 70.5 Å². The number of aromatic carboxylic acids is 1. The zero-order valence-corrected chi connectivity index (χ0v) is 12.6. The molecule has 1 amide bonds. The number of carboxylic acids is 1. The molecule has 0 aliphatic heterocycles. The third-order valence-corrected chi connectivity index (χ3v) is 3.90. The lowest BCUT2D eigenvalue weighted by Crippen LogP contribution is -2.43. The molecule has 1 saturated carbocycles. The number of carbonyl (C=O) groups excluding carboxylic acids is 1. The van der Waals surface area contributed by atoms with E-state index in [1.165, 1.54) is 13.0 Å². The van der Waals surface area contributed by atoms with Gasteiger partial charge in [-0.25, -0.2) is 9.78 Å². The zero-order valence-electron chi connectivity index (χ0n) is 12.6. The molecule has 0 unspecified atom stereocenters. The van der Waals surface area contributed by atoms with Crippen molar-refractivity contribution in [3.63, 3.8) is 0 Å². The molecule has 0 spiro atoms. The Morgan fingerprint density at radius 2 is 2.00 bits per heavy atom. The lowest BCUT2D eigenvalue weighted by atomic mass is 9.85. The molecule has 2 rings (SSSR count). The van der Waals surface area contributed by atoms with E-state index in [0.29, 0.717) is 0 Å². The van der Waals surface area contributed by atoms with Crippen LogP contribution >= 0.6 is 0 Å². The van der Waals surface area contributed by atoms with Crippen LogP contribution in [-0.2, 0) is 0 Å². The smallest absolute Gasteiger partial charge is 0.406 e. The van der Waals surface area contributed by atoms with E-state index in [1.54, 1.807) is 0 Å². The first kappa shape index (κ1) is 17.2. The van der Waals surface area contributed by atoms with E-state index in [4.69, 9.17) is 5.11 Å². The highest BCUT2D eigenvalue weighted by atomic mass is 19.4. The maximum absolute atomic E-state index is 12.7. The second-order valence-corrected chi connectivity index (χ2v) is 5.73. The number of nitrogens with zero attached hydrogens (tertiary/aromatic N) is 2. The summed E-state index contributed by atoms with van der Waals surface area (Å²) >= 11 is 0. The standard InChI is InChI=1S/C15H17F3N2O3/c1-9-11(14(22)23)5-6-12(19-9)13(21)20(8-15(16,17)18)7-10-3-2-4-10/h5-6,10H,2-4,7-8H2,1H3,(H,22,23). The van der Waals surface area contributed by atoms with Crippen LogP contribution in [-0.4, -0.2) is 46.1 Å². The minimum atomic E-state index is -4.49. The van der Waals surface area contributed by atoms with Gasteiger partial charge in [0.1, 0.15) is 12.2 Å². The molecule has 0 atom stereocenters. The van der Waals surface area contributed by atoms with Crippen molar-refractivity contribution in [2.75, 3.05) is 13.1 Å². The number of carboxylic acid groups (broad SMARTS) is 1. The van der Waals surface area contributed by atoms with Crippen LogP contribution in [0.1, 0.15) is 45.8 Å². The van der Waals surface area contributed by atoms with Crippen LogP contribution in [0.2, 0.25) is 0 Å². The summed E-state index contributed by atoms with van der Waals surface area (Å²) in [5.41, 5.74) is -0.155. The van der Waals surface area contributed by atoms with Gasteiger partial charge in [-0.3, -0.25) is 4.79 Å². The van der Waals surface area contributed by atoms with Crippen LogP contribution in [0.3, 0.4) is 0 Å². The van der Waals surface area contributed by atoms with Gasteiger partial charge in [0.15, 0.2) is 0 Å². The number of aromatic nitrogens is 1. The quantitative estimate of drug-likeness (QED) is 0.901. The lowest BCUT2D eigenvalue weighted by Gasteiger charge is -2.32. The third-order valence-electron chi connectivity index (χ3n) is 3.90. The number of alkyl halides is 3. The Hall–Kier alpha value is -2.12. The zero-order chi connectivity index (χ0) is 17.2. The molecule has 1 heterocycles. The van der Waals surface area contributed by atoms with Crippen molar-refractivity contribution in [1.29, 1.82) is 0 Å². The molecular weight excluding hydrogens is 313 g/mol.